The first-order valence-corrected chi connectivity index (χ1v) is 7.02. The zero-order valence-corrected chi connectivity index (χ0v) is 10.8. The average molecular weight is 271 g/mol. The van der Waals surface area contributed by atoms with E-state index in [0.29, 0.717) is 18.8 Å². The summed E-state index contributed by atoms with van der Waals surface area (Å²) in [6.45, 7) is 0.311. The van der Waals surface area contributed by atoms with Crippen LogP contribution in [0.15, 0.2) is 30.3 Å². The van der Waals surface area contributed by atoms with Gasteiger partial charge in [0.15, 0.2) is 0 Å². The van der Waals surface area contributed by atoms with Crippen molar-refractivity contribution >= 4 is 13.7 Å². The molecule has 2 rings (SSSR count). The molecule has 1 saturated heterocycles. The minimum Gasteiger partial charge on any atom is -0.464 e. The second-order valence-electron chi connectivity index (χ2n) is 3.72. The largest absolute Gasteiger partial charge is 0.464 e. The topological polar surface area (TPSA) is 73.9 Å². The van der Waals surface area contributed by atoms with Crippen LogP contribution >= 0.6 is 7.75 Å². The Morgan fingerprint density at radius 3 is 2.67 bits per heavy atom. The van der Waals surface area contributed by atoms with Crippen molar-refractivity contribution in [2.75, 3.05) is 13.7 Å². The summed E-state index contributed by atoms with van der Waals surface area (Å²) >= 11 is 0. The number of nitrogens with one attached hydrogen (secondary N) is 1. The standard InChI is InChI=1S/C11H14NO5P/c1-15-18(14,12-10-7-8-16-11(10)13)17-9-5-3-2-4-6-9/h2-6,10H,7-8H2,1H3,(H,12,14). The maximum atomic E-state index is 12.3. The van der Waals surface area contributed by atoms with Gasteiger partial charge in [0.05, 0.1) is 6.61 Å². The van der Waals surface area contributed by atoms with Crippen LogP contribution in [-0.2, 0) is 18.6 Å². The van der Waals surface area contributed by atoms with Crippen molar-refractivity contribution in [2.24, 2.45) is 0 Å². The van der Waals surface area contributed by atoms with Crippen LogP contribution in [0.25, 0.3) is 0 Å². The molecule has 0 saturated carbocycles. The first kappa shape index (κ1) is 13.1. The van der Waals surface area contributed by atoms with Crippen LogP contribution in [0.2, 0.25) is 0 Å². The van der Waals surface area contributed by atoms with Crippen molar-refractivity contribution in [2.45, 2.75) is 12.5 Å². The van der Waals surface area contributed by atoms with Crippen LogP contribution in [-0.4, -0.2) is 25.7 Å². The summed E-state index contributed by atoms with van der Waals surface area (Å²) < 4.78 is 27.2. The smallest absolute Gasteiger partial charge is 0.459 e. The molecule has 1 aliphatic heterocycles. The summed E-state index contributed by atoms with van der Waals surface area (Å²) in [4.78, 5) is 11.3. The highest BCUT2D eigenvalue weighted by atomic mass is 31.2. The van der Waals surface area contributed by atoms with E-state index >= 15 is 0 Å². The third-order valence-corrected chi connectivity index (χ3v) is 4.02. The van der Waals surface area contributed by atoms with E-state index in [1.54, 1.807) is 24.3 Å². The highest BCUT2D eigenvalue weighted by molar-refractivity contribution is 7.52. The number of cyclic esters (lactones) is 1. The Morgan fingerprint density at radius 1 is 1.39 bits per heavy atom. The van der Waals surface area contributed by atoms with Gasteiger partial charge in [-0.1, -0.05) is 18.2 Å². The average Bonchev–Trinajstić information content (AvgIpc) is 2.76. The lowest BCUT2D eigenvalue weighted by atomic mass is 10.3. The second kappa shape index (κ2) is 5.52. The highest BCUT2D eigenvalue weighted by Gasteiger charge is 2.36. The molecule has 18 heavy (non-hydrogen) atoms. The summed E-state index contributed by atoms with van der Waals surface area (Å²) in [6.07, 6.45) is 0.449. The molecule has 2 atom stereocenters. The lowest BCUT2D eigenvalue weighted by Crippen LogP contribution is -2.32. The van der Waals surface area contributed by atoms with Crippen molar-refractivity contribution in [3.05, 3.63) is 30.3 Å². The van der Waals surface area contributed by atoms with E-state index in [1.807, 2.05) is 6.07 Å². The summed E-state index contributed by atoms with van der Waals surface area (Å²) in [6, 6.07) is 7.96. The first-order valence-electron chi connectivity index (χ1n) is 5.48. The number of esters is 1. The van der Waals surface area contributed by atoms with Gasteiger partial charge in [-0.2, -0.15) is 5.09 Å². The van der Waals surface area contributed by atoms with E-state index in [9.17, 15) is 9.36 Å². The van der Waals surface area contributed by atoms with E-state index < -0.39 is 19.8 Å². The van der Waals surface area contributed by atoms with Crippen LogP contribution in [0.3, 0.4) is 0 Å². The van der Waals surface area contributed by atoms with Gasteiger partial charge in [-0.25, -0.2) is 4.57 Å². The number of para-hydroxylation sites is 1. The molecule has 1 N–H and O–H groups in total. The van der Waals surface area contributed by atoms with Crippen molar-refractivity contribution in [3.8, 4) is 5.75 Å². The molecule has 0 aliphatic carbocycles. The molecule has 1 fully saturated rings. The van der Waals surface area contributed by atoms with Gasteiger partial charge >= 0.3 is 13.7 Å². The molecule has 0 spiro atoms. The molecule has 1 aromatic rings. The quantitative estimate of drug-likeness (QED) is 0.649. The fourth-order valence-electron chi connectivity index (χ4n) is 1.54. The molecular weight excluding hydrogens is 257 g/mol. The predicted molar refractivity (Wildman–Crippen MR) is 64.2 cm³/mol. The zero-order valence-electron chi connectivity index (χ0n) is 9.87. The number of hydrogen-bond acceptors (Lipinski definition) is 5. The summed E-state index contributed by atoms with van der Waals surface area (Å²) in [5.41, 5.74) is 0. The van der Waals surface area contributed by atoms with Gasteiger partial charge < -0.3 is 9.26 Å². The number of benzene rings is 1. The Morgan fingerprint density at radius 2 is 2.11 bits per heavy atom. The Bertz CT molecular complexity index is 464. The molecule has 0 amide bonds. The number of rotatable bonds is 5. The first-order chi connectivity index (χ1) is 8.63. The Hall–Kier alpha value is -1.36. The van der Waals surface area contributed by atoms with Gasteiger partial charge in [-0.05, 0) is 12.1 Å². The molecule has 2 unspecified atom stereocenters. The van der Waals surface area contributed by atoms with Crippen LogP contribution in [0.5, 0.6) is 5.75 Å². The van der Waals surface area contributed by atoms with Crippen molar-refractivity contribution in [1.82, 2.24) is 5.09 Å². The molecule has 6 nitrogen and oxygen atoms in total. The fraction of sp³-hybridized carbons (Fsp3) is 0.364. The molecule has 0 bridgehead atoms. The third kappa shape index (κ3) is 3.10. The second-order valence-corrected chi connectivity index (χ2v) is 5.52. The molecule has 1 heterocycles. The fourth-order valence-corrected chi connectivity index (χ4v) is 2.79. The lowest BCUT2D eigenvalue weighted by molar-refractivity contribution is -0.139. The van der Waals surface area contributed by atoms with E-state index in [4.69, 9.17) is 13.8 Å². The molecule has 1 aliphatic rings. The van der Waals surface area contributed by atoms with E-state index in [-0.39, 0.29) is 0 Å². The summed E-state index contributed by atoms with van der Waals surface area (Å²) in [7, 11) is -2.30. The van der Waals surface area contributed by atoms with E-state index in [1.165, 1.54) is 7.11 Å². The molecule has 1 aromatic carbocycles. The van der Waals surface area contributed by atoms with Gasteiger partial charge in [0.2, 0.25) is 0 Å². The molecule has 0 radical (unpaired) electrons. The van der Waals surface area contributed by atoms with Gasteiger partial charge in [0.25, 0.3) is 0 Å². The SMILES string of the molecule is COP(=O)(NC1CCOC1=O)Oc1ccccc1. The number of carbonyl (C=O) groups is 1. The van der Waals surface area contributed by atoms with E-state index in [0.717, 1.165) is 0 Å². The van der Waals surface area contributed by atoms with Gasteiger partial charge in [0, 0.05) is 13.5 Å². The molecule has 98 valence electrons. The Kier molecular flexibility index (Phi) is 4.01. The molecular formula is C11H14NO5P. The monoisotopic (exact) mass is 271 g/mol. The highest BCUT2D eigenvalue weighted by Crippen LogP contribution is 2.44. The van der Waals surface area contributed by atoms with Gasteiger partial charge in [0.1, 0.15) is 11.8 Å². The summed E-state index contributed by atoms with van der Waals surface area (Å²) in [5, 5.41) is 2.58. The van der Waals surface area contributed by atoms with Crippen molar-refractivity contribution < 1.29 is 23.1 Å². The summed E-state index contributed by atoms with van der Waals surface area (Å²) in [5.74, 6) is -0.0366. The van der Waals surface area contributed by atoms with E-state index in [2.05, 4.69) is 5.09 Å². The maximum Gasteiger partial charge on any atom is 0.459 e. The minimum absolute atomic E-state index is 0.311. The zero-order chi connectivity index (χ0) is 13.0. The minimum atomic E-state index is -3.56. The molecule has 0 aromatic heterocycles. The van der Waals surface area contributed by atoms with Crippen LogP contribution < -0.4 is 9.61 Å². The lowest BCUT2D eigenvalue weighted by Gasteiger charge is -2.19. The van der Waals surface area contributed by atoms with Crippen molar-refractivity contribution in [1.29, 1.82) is 0 Å². The van der Waals surface area contributed by atoms with Crippen molar-refractivity contribution in [3.63, 3.8) is 0 Å². The van der Waals surface area contributed by atoms with Gasteiger partial charge in [-0.3, -0.25) is 9.32 Å². The Balaban J connectivity index is 2.06. The van der Waals surface area contributed by atoms with Crippen LogP contribution in [0, 0.1) is 0 Å². The number of hydrogen-bond donors (Lipinski definition) is 1. The Labute approximate surface area is 105 Å². The molecule has 7 heteroatoms. The third-order valence-electron chi connectivity index (χ3n) is 2.46. The van der Waals surface area contributed by atoms with Gasteiger partial charge in [-0.15, -0.1) is 0 Å². The number of ether oxygens (including phenoxy) is 1. The maximum absolute atomic E-state index is 12.3. The predicted octanol–water partition coefficient (Wildman–Crippen LogP) is 1.72. The van der Waals surface area contributed by atoms with Crippen LogP contribution in [0.1, 0.15) is 6.42 Å². The normalized spacial score (nSPS) is 22.3. The number of carbonyl (C=O) groups excluding carboxylic acids is 1. The van der Waals surface area contributed by atoms with Crippen LogP contribution in [0.4, 0.5) is 0 Å².